The van der Waals surface area contributed by atoms with Crippen molar-refractivity contribution >= 4 is 18.3 Å². The number of aryl methyl sites for hydroxylation is 1. The van der Waals surface area contributed by atoms with E-state index in [1.807, 2.05) is 48.5 Å². The van der Waals surface area contributed by atoms with Crippen molar-refractivity contribution in [2.75, 3.05) is 13.7 Å². The summed E-state index contributed by atoms with van der Waals surface area (Å²) < 4.78 is 5.21. The molecule has 0 fully saturated rings. The van der Waals surface area contributed by atoms with E-state index in [-0.39, 0.29) is 18.3 Å². The Labute approximate surface area is 149 Å². The Hall–Kier alpha value is -2.04. The van der Waals surface area contributed by atoms with E-state index in [9.17, 15) is 4.79 Å². The van der Waals surface area contributed by atoms with Crippen LogP contribution in [0.1, 0.15) is 24.5 Å². The van der Waals surface area contributed by atoms with Crippen LogP contribution in [-0.2, 0) is 16.8 Å². The average molecular weight is 349 g/mol. The minimum Gasteiger partial charge on any atom is -0.497 e. The third-order valence-electron chi connectivity index (χ3n) is 3.91. The first-order chi connectivity index (χ1) is 11.0. The third-order valence-corrected chi connectivity index (χ3v) is 3.91. The van der Waals surface area contributed by atoms with Crippen LogP contribution < -0.4 is 15.8 Å². The lowest BCUT2D eigenvalue weighted by Crippen LogP contribution is -2.49. The normalized spacial score (nSPS) is 12.6. The van der Waals surface area contributed by atoms with Crippen LogP contribution in [0.3, 0.4) is 0 Å². The van der Waals surface area contributed by atoms with E-state index < -0.39 is 5.54 Å². The summed E-state index contributed by atoms with van der Waals surface area (Å²) in [6.45, 7) is 2.33. The number of ether oxygens (including phenoxy) is 1. The summed E-state index contributed by atoms with van der Waals surface area (Å²) in [5, 5.41) is 2.93. The summed E-state index contributed by atoms with van der Waals surface area (Å²) in [6.07, 6.45) is 1.73. The predicted octanol–water partition coefficient (Wildman–Crippen LogP) is 3.04. The van der Waals surface area contributed by atoms with Gasteiger partial charge in [-0.1, -0.05) is 42.5 Å². The molecule has 2 rings (SSSR count). The molecule has 2 aromatic carbocycles. The highest BCUT2D eigenvalue weighted by molar-refractivity contribution is 5.86. The van der Waals surface area contributed by atoms with Crippen molar-refractivity contribution in [1.82, 2.24) is 5.32 Å². The van der Waals surface area contributed by atoms with Gasteiger partial charge in [0.1, 0.15) is 11.3 Å². The molecule has 24 heavy (non-hydrogen) atoms. The molecule has 0 aliphatic heterocycles. The van der Waals surface area contributed by atoms with Crippen molar-refractivity contribution in [1.29, 1.82) is 0 Å². The molecule has 1 amide bonds. The van der Waals surface area contributed by atoms with Crippen molar-refractivity contribution in [3.63, 3.8) is 0 Å². The van der Waals surface area contributed by atoms with E-state index in [4.69, 9.17) is 10.5 Å². The molecular weight excluding hydrogens is 324 g/mol. The minimum atomic E-state index is -1.02. The first-order valence-electron chi connectivity index (χ1n) is 7.79. The zero-order chi connectivity index (χ0) is 16.7. The number of hydrogen-bond acceptors (Lipinski definition) is 3. The molecule has 0 aromatic heterocycles. The molecule has 2 aromatic rings. The molecule has 4 nitrogen and oxygen atoms in total. The molecule has 0 heterocycles. The van der Waals surface area contributed by atoms with Gasteiger partial charge in [0.15, 0.2) is 0 Å². The molecular formula is C19H25ClN2O2. The summed E-state index contributed by atoms with van der Waals surface area (Å²) in [7, 11) is 1.66. The quantitative estimate of drug-likeness (QED) is 0.756. The first kappa shape index (κ1) is 20.0. The van der Waals surface area contributed by atoms with E-state index in [1.54, 1.807) is 14.0 Å². The van der Waals surface area contributed by atoms with Crippen LogP contribution >= 0.6 is 12.4 Å². The number of carbonyl (C=O) groups excluding carboxylic acids is 1. The van der Waals surface area contributed by atoms with Gasteiger partial charge in [-0.15, -0.1) is 12.4 Å². The zero-order valence-electron chi connectivity index (χ0n) is 14.1. The Bertz CT molecular complexity index is 645. The molecule has 0 bridgehead atoms. The second-order valence-corrected chi connectivity index (χ2v) is 5.78. The van der Waals surface area contributed by atoms with Gasteiger partial charge < -0.3 is 15.8 Å². The van der Waals surface area contributed by atoms with Crippen molar-refractivity contribution in [3.8, 4) is 5.75 Å². The fourth-order valence-electron chi connectivity index (χ4n) is 2.42. The van der Waals surface area contributed by atoms with Gasteiger partial charge in [0.05, 0.1) is 7.11 Å². The van der Waals surface area contributed by atoms with Gasteiger partial charge in [-0.2, -0.15) is 0 Å². The maximum atomic E-state index is 12.3. The van der Waals surface area contributed by atoms with Crippen LogP contribution in [0.4, 0.5) is 0 Å². The van der Waals surface area contributed by atoms with Gasteiger partial charge in [0.25, 0.3) is 0 Å². The molecule has 1 atom stereocenters. The van der Waals surface area contributed by atoms with Crippen molar-refractivity contribution < 1.29 is 9.53 Å². The third kappa shape index (κ3) is 5.25. The molecule has 0 saturated heterocycles. The number of nitrogens with two attached hydrogens (primary N) is 1. The van der Waals surface area contributed by atoms with Gasteiger partial charge in [-0.3, -0.25) is 4.79 Å². The number of halogens is 1. The molecule has 1 unspecified atom stereocenters. The predicted molar refractivity (Wildman–Crippen MR) is 99.6 cm³/mol. The summed E-state index contributed by atoms with van der Waals surface area (Å²) in [5.74, 6) is 0.694. The molecule has 3 N–H and O–H groups in total. The number of hydrogen-bond donors (Lipinski definition) is 2. The Kier molecular flexibility index (Phi) is 7.75. The Morgan fingerprint density at radius 1 is 1.17 bits per heavy atom. The minimum absolute atomic E-state index is 0. The molecule has 130 valence electrons. The Balaban J connectivity index is 0.00000288. The molecule has 0 saturated carbocycles. The maximum absolute atomic E-state index is 12.3. The number of methoxy groups -OCH3 is 1. The lowest BCUT2D eigenvalue weighted by atomic mass is 9.92. The smallest absolute Gasteiger partial charge is 0.244 e. The van der Waals surface area contributed by atoms with E-state index in [0.29, 0.717) is 6.54 Å². The van der Waals surface area contributed by atoms with Crippen LogP contribution in [0.2, 0.25) is 0 Å². The average Bonchev–Trinajstić information content (AvgIpc) is 2.59. The highest BCUT2D eigenvalue weighted by Gasteiger charge is 2.29. The fraction of sp³-hybridized carbons (Fsp3) is 0.316. The monoisotopic (exact) mass is 348 g/mol. The van der Waals surface area contributed by atoms with E-state index in [0.717, 1.165) is 24.2 Å². The van der Waals surface area contributed by atoms with Crippen LogP contribution in [-0.4, -0.2) is 19.6 Å². The second-order valence-electron chi connectivity index (χ2n) is 5.78. The SMILES string of the molecule is COc1cccc(CCCNC(=O)C(C)(N)c2ccccc2)c1.Cl. The first-order valence-corrected chi connectivity index (χ1v) is 7.79. The largest absolute Gasteiger partial charge is 0.497 e. The molecule has 0 spiro atoms. The molecule has 0 aliphatic carbocycles. The van der Waals surface area contributed by atoms with Crippen LogP contribution in [0.5, 0.6) is 5.75 Å². The van der Waals surface area contributed by atoms with Gasteiger partial charge >= 0.3 is 0 Å². The van der Waals surface area contributed by atoms with Gasteiger partial charge in [-0.25, -0.2) is 0 Å². The lowest BCUT2D eigenvalue weighted by Gasteiger charge is -2.24. The van der Waals surface area contributed by atoms with Gasteiger partial charge in [0, 0.05) is 6.54 Å². The van der Waals surface area contributed by atoms with Gasteiger partial charge in [-0.05, 0) is 43.0 Å². The topological polar surface area (TPSA) is 64.3 Å². The summed E-state index contributed by atoms with van der Waals surface area (Å²) in [6, 6.07) is 17.4. The van der Waals surface area contributed by atoms with Gasteiger partial charge in [0.2, 0.25) is 5.91 Å². The highest BCUT2D eigenvalue weighted by Crippen LogP contribution is 2.17. The number of benzene rings is 2. The molecule has 5 heteroatoms. The number of nitrogens with one attached hydrogen (secondary N) is 1. The van der Waals surface area contributed by atoms with Crippen molar-refractivity contribution in [2.24, 2.45) is 5.73 Å². The Morgan fingerprint density at radius 3 is 2.54 bits per heavy atom. The highest BCUT2D eigenvalue weighted by atomic mass is 35.5. The van der Waals surface area contributed by atoms with Crippen molar-refractivity contribution in [2.45, 2.75) is 25.3 Å². The standard InChI is InChI=1S/C19H24N2O2.ClH/c1-19(20,16-10-4-3-5-11-16)18(22)21-13-7-9-15-8-6-12-17(14-15)23-2;/h3-6,8,10-12,14H,7,9,13,20H2,1-2H3,(H,21,22);1H. The number of rotatable bonds is 7. The van der Waals surface area contributed by atoms with Crippen molar-refractivity contribution in [3.05, 3.63) is 65.7 Å². The van der Waals surface area contributed by atoms with Crippen LogP contribution in [0.15, 0.2) is 54.6 Å². The van der Waals surface area contributed by atoms with E-state index in [2.05, 4.69) is 11.4 Å². The van der Waals surface area contributed by atoms with E-state index >= 15 is 0 Å². The maximum Gasteiger partial charge on any atom is 0.244 e. The van der Waals surface area contributed by atoms with Crippen LogP contribution in [0, 0.1) is 0 Å². The lowest BCUT2D eigenvalue weighted by molar-refractivity contribution is -0.126. The molecule has 0 radical (unpaired) electrons. The van der Waals surface area contributed by atoms with E-state index in [1.165, 1.54) is 5.56 Å². The van der Waals surface area contributed by atoms with Crippen LogP contribution in [0.25, 0.3) is 0 Å². The second kappa shape index (κ2) is 9.30. The summed E-state index contributed by atoms with van der Waals surface area (Å²) in [5.41, 5.74) is 7.17. The fourth-order valence-corrected chi connectivity index (χ4v) is 2.42. The summed E-state index contributed by atoms with van der Waals surface area (Å²) >= 11 is 0. The molecule has 0 aliphatic rings. The Morgan fingerprint density at radius 2 is 1.88 bits per heavy atom. The number of carbonyl (C=O) groups is 1. The zero-order valence-corrected chi connectivity index (χ0v) is 14.9. The number of amides is 1. The summed E-state index contributed by atoms with van der Waals surface area (Å²) in [4.78, 5) is 12.3.